The van der Waals surface area contributed by atoms with Gasteiger partial charge in [-0.25, -0.2) is 4.98 Å². The standard InChI is InChI=1S/C20H22N4OS/c1-12-11-26-20(21-12)14-2-3-16-17(9-14)22-23-19(16)18(25)10-15-8-13-4-6-24(15)7-5-13/h2-3,9,11,13,15H,4-8,10H2,1H3,(H,22,23)/t15-/m0/s1. The third-order valence-electron chi connectivity index (χ3n) is 5.88. The minimum atomic E-state index is 0.159. The van der Waals surface area contributed by atoms with Crippen molar-refractivity contribution >= 4 is 28.0 Å². The zero-order valence-corrected chi connectivity index (χ0v) is 15.7. The number of H-pyrrole nitrogens is 1. The van der Waals surface area contributed by atoms with Crippen LogP contribution in [0.3, 0.4) is 0 Å². The van der Waals surface area contributed by atoms with Crippen LogP contribution in [0.2, 0.25) is 0 Å². The molecule has 6 rings (SSSR count). The summed E-state index contributed by atoms with van der Waals surface area (Å²) in [6.07, 6.45) is 4.36. The molecule has 1 atom stereocenters. The number of ketones is 1. The van der Waals surface area contributed by atoms with Crippen LogP contribution >= 0.6 is 11.3 Å². The summed E-state index contributed by atoms with van der Waals surface area (Å²) in [5, 5.41) is 11.4. The highest BCUT2D eigenvalue weighted by Gasteiger charge is 2.35. The van der Waals surface area contributed by atoms with Gasteiger partial charge in [-0.1, -0.05) is 6.07 Å². The topological polar surface area (TPSA) is 61.9 Å². The lowest BCUT2D eigenvalue weighted by atomic mass is 9.81. The van der Waals surface area contributed by atoms with Crippen molar-refractivity contribution in [1.29, 1.82) is 0 Å². The molecule has 2 bridgehead atoms. The Morgan fingerprint density at radius 2 is 2.19 bits per heavy atom. The van der Waals surface area contributed by atoms with Crippen molar-refractivity contribution in [2.24, 2.45) is 5.92 Å². The molecule has 3 saturated heterocycles. The number of Topliss-reactive ketones (excluding diaryl/α,β-unsaturated/α-hetero) is 1. The normalized spacial score (nSPS) is 25.0. The van der Waals surface area contributed by atoms with Gasteiger partial charge in [0.25, 0.3) is 0 Å². The van der Waals surface area contributed by atoms with Crippen molar-refractivity contribution in [3.05, 3.63) is 35.0 Å². The fourth-order valence-corrected chi connectivity index (χ4v) is 5.26. The van der Waals surface area contributed by atoms with Crippen molar-refractivity contribution in [2.45, 2.75) is 38.6 Å². The minimum Gasteiger partial charge on any atom is -0.300 e. The molecule has 0 amide bonds. The van der Waals surface area contributed by atoms with E-state index < -0.39 is 0 Å². The van der Waals surface area contributed by atoms with E-state index in [4.69, 9.17) is 0 Å². The number of hydrogen-bond donors (Lipinski definition) is 1. The van der Waals surface area contributed by atoms with E-state index in [1.807, 2.05) is 25.1 Å². The van der Waals surface area contributed by atoms with Gasteiger partial charge in [-0.15, -0.1) is 11.3 Å². The SMILES string of the molecule is Cc1csc(-c2ccc3c(C(=O)C[C@@H]4CC5CCN4CC5)n[nH]c3c2)n1. The van der Waals surface area contributed by atoms with Gasteiger partial charge in [0, 0.05) is 34.5 Å². The van der Waals surface area contributed by atoms with Crippen LogP contribution in [0.15, 0.2) is 23.6 Å². The van der Waals surface area contributed by atoms with E-state index in [-0.39, 0.29) is 5.78 Å². The van der Waals surface area contributed by atoms with Crippen LogP contribution in [0.25, 0.3) is 21.5 Å². The van der Waals surface area contributed by atoms with Gasteiger partial charge < -0.3 is 0 Å². The predicted octanol–water partition coefficient (Wildman–Crippen LogP) is 4.05. The zero-order valence-electron chi connectivity index (χ0n) is 14.9. The monoisotopic (exact) mass is 366 g/mol. The van der Waals surface area contributed by atoms with E-state index in [2.05, 4.69) is 25.5 Å². The summed E-state index contributed by atoms with van der Waals surface area (Å²) >= 11 is 1.64. The van der Waals surface area contributed by atoms with Crippen LogP contribution < -0.4 is 0 Å². The molecule has 26 heavy (non-hydrogen) atoms. The quantitative estimate of drug-likeness (QED) is 0.708. The average Bonchev–Trinajstić information content (AvgIpc) is 3.28. The minimum absolute atomic E-state index is 0.159. The van der Waals surface area contributed by atoms with Crippen LogP contribution in [-0.2, 0) is 0 Å². The largest absolute Gasteiger partial charge is 0.300 e. The van der Waals surface area contributed by atoms with Crippen LogP contribution in [-0.4, -0.2) is 45.0 Å². The number of aromatic amines is 1. The Kier molecular flexibility index (Phi) is 3.90. The van der Waals surface area contributed by atoms with E-state index in [1.54, 1.807) is 11.3 Å². The second-order valence-corrected chi connectivity index (χ2v) is 8.48. The van der Waals surface area contributed by atoms with Gasteiger partial charge in [0.2, 0.25) is 0 Å². The molecular weight excluding hydrogens is 344 g/mol. The molecule has 6 heteroatoms. The fourth-order valence-electron chi connectivity index (χ4n) is 4.46. The Bertz CT molecular complexity index is 967. The number of aryl methyl sites for hydroxylation is 1. The molecule has 3 fully saturated rings. The highest BCUT2D eigenvalue weighted by molar-refractivity contribution is 7.13. The first-order chi connectivity index (χ1) is 12.7. The molecule has 5 heterocycles. The summed E-state index contributed by atoms with van der Waals surface area (Å²) in [5.74, 6) is 0.977. The number of aromatic nitrogens is 3. The first-order valence-electron chi connectivity index (χ1n) is 9.35. The maximum absolute atomic E-state index is 12.9. The number of thiazole rings is 1. The summed E-state index contributed by atoms with van der Waals surface area (Å²) in [6, 6.07) is 6.49. The summed E-state index contributed by atoms with van der Waals surface area (Å²) < 4.78 is 0. The Hall–Kier alpha value is -2.05. The van der Waals surface area contributed by atoms with E-state index >= 15 is 0 Å². The smallest absolute Gasteiger partial charge is 0.185 e. The second-order valence-electron chi connectivity index (χ2n) is 7.62. The number of rotatable bonds is 4. The molecule has 3 aromatic rings. The molecule has 0 radical (unpaired) electrons. The third kappa shape index (κ3) is 2.77. The number of carbonyl (C=O) groups is 1. The van der Waals surface area contributed by atoms with E-state index in [9.17, 15) is 4.79 Å². The fraction of sp³-hybridized carbons (Fsp3) is 0.450. The number of hydrogen-bond acceptors (Lipinski definition) is 5. The van der Waals surface area contributed by atoms with E-state index in [0.29, 0.717) is 18.2 Å². The summed E-state index contributed by atoms with van der Waals surface area (Å²) in [7, 11) is 0. The molecule has 0 aliphatic carbocycles. The lowest BCUT2D eigenvalue weighted by molar-refractivity contribution is 0.0427. The first kappa shape index (κ1) is 16.1. The molecule has 0 spiro atoms. The number of nitrogens with one attached hydrogen (secondary N) is 1. The number of fused-ring (bicyclic) bond motifs is 4. The Morgan fingerprint density at radius 1 is 1.35 bits per heavy atom. The highest BCUT2D eigenvalue weighted by Crippen LogP contribution is 2.34. The maximum atomic E-state index is 12.9. The molecule has 5 nitrogen and oxygen atoms in total. The Labute approximate surface area is 156 Å². The van der Waals surface area contributed by atoms with E-state index in [1.165, 1.54) is 19.3 Å². The van der Waals surface area contributed by atoms with Crippen LogP contribution in [0, 0.1) is 12.8 Å². The molecule has 134 valence electrons. The molecule has 3 aliphatic heterocycles. The van der Waals surface area contributed by atoms with Gasteiger partial charge >= 0.3 is 0 Å². The maximum Gasteiger partial charge on any atom is 0.185 e. The van der Waals surface area contributed by atoms with Crippen molar-refractivity contribution in [2.75, 3.05) is 13.1 Å². The van der Waals surface area contributed by atoms with Gasteiger partial charge in [0.05, 0.1) is 5.52 Å². The van der Waals surface area contributed by atoms with Crippen molar-refractivity contribution in [3.63, 3.8) is 0 Å². The van der Waals surface area contributed by atoms with Gasteiger partial charge in [0.1, 0.15) is 10.7 Å². The van der Waals surface area contributed by atoms with E-state index in [0.717, 1.165) is 46.2 Å². The Balaban J connectivity index is 1.39. The third-order valence-corrected chi connectivity index (χ3v) is 6.89. The number of carbonyl (C=O) groups excluding carboxylic acids is 1. The second kappa shape index (κ2) is 6.28. The summed E-state index contributed by atoms with van der Waals surface area (Å²) in [4.78, 5) is 19.9. The highest BCUT2D eigenvalue weighted by atomic mass is 32.1. The predicted molar refractivity (Wildman–Crippen MR) is 104 cm³/mol. The number of benzene rings is 1. The molecule has 1 aromatic carbocycles. The Morgan fingerprint density at radius 3 is 2.88 bits per heavy atom. The van der Waals surface area contributed by atoms with Gasteiger partial charge in [-0.2, -0.15) is 5.10 Å². The van der Waals surface area contributed by atoms with Crippen molar-refractivity contribution in [3.8, 4) is 10.6 Å². The molecule has 1 N–H and O–H groups in total. The molecular formula is C20H22N4OS. The van der Waals surface area contributed by atoms with Gasteiger partial charge in [-0.05, 0) is 57.3 Å². The number of piperidine rings is 3. The molecule has 0 unspecified atom stereocenters. The molecule has 0 saturated carbocycles. The van der Waals surface area contributed by atoms with Crippen LogP contribution in [0.5, 0.6) is 0 Å². The molecule has 2 aromatic heterocycles. The lowest BCUT2D eigenvalue weighted by Gasteiger charge is -2.45. The lowest BCUT2D eigenvalue weighted by Crippen LogP contribution is -2.49. The van der Waals surface area contributed by atoms with Crippen molar-refractivity contribution < 1.29 is 4.79 Å². The summed E-state index contributed by atoms with van der Waals surface area (Å²) in [6.45, 7) is 4.31. The van der Waals surface area contributed by atoms with Crippen molar-refractivity contribution in [1.82, 2.24) is 20.1 Å². The first-order valence-corrected chi connectivity index (χ1v) is 10.2. The average molecular weight is 366 g/mol. The van der Waals surface area contributed by atoms with Gasteiger partial charge in [-0.3, -0.25) is 14.8 Å². The van der Waals surface area contributed by atoms with Crippen LogP contribution in [0.1, 0.15) is 41.9 Å². The zero-order chi connectivity index (χ0) is 17.7. The number of nitrogens with zero attached hydrogens (tertiary/aromatic N) is 3. The molecule has 3 aliphatic rings. The van der Waals surface area contributed by atoms with Gasteiger partial charge in [0.15, 0.2) is 5.78 Å². The summed E-state index contributed by atoms with van der Waals surface area (Å²) in [5.41, 5.74) is 3.59. The van der Waals surface area contributed by atoms with Crippen LogP contribution in [0.4, 0.5) is 0 Å².